The van der Waals surface area contributed by atoms with Crippen LogP contribution >= 0.6 is 34.5 Å². The minimum Gasteiger partial charge on any atom is -0.474 e. The summed E-state index contributed by atoms with van der Waals surface area (Å²) in [5, 5.41) is 2.08. The van der Waals surface area contributed by atoms with Gasteiger partial charge in [-0.15, -0.1) is 11.3 Å². The number of benzene rings is 1. The Morgan fingerprint density at radius 2 is 1.83 bits per heavy atom. The van der Waals surface area contributed by atoms with Crippen LogP contribution in [0.1, 0.15) is 58.3 Å². The molecule has 1 saturated carbocycles. The molecule has 2 heterocycles. The minimum atomic E-state index is -0.0534. The molecule has 1 fully saturated rings. The van der Waals surface area contributed by atoms with E-state index < -0.39 is 0 Å². The van der Waals surface area contributed by atoms with Gasteiger partial charge in [-0.3, -0.25) is 0 Å². The van der Waals surface area contributed by atoms with Gasteiger partial charge in [0.2, 0.25) is 5.88 Å². The topological polar surface area (TPSA) is 35.0 Å². The molecule has 0 bridgehead atoms. The van der Waals surface area contributed by atoms with E-state index in [0.717, 1.165) is 27.8 Å². The molecule has 4 rings (SSSR count). The number of hydrogen-bond acceptors (Lipinski definition) is 4. The van der Waals surface area contributed by atoms with Crippen LogP contribution in [0.15, 0.2) is 24.5 Å². The van der Waals surface area contributed by atoms with Gasteiger partial charge in [0.15, 0.2) is 0 Å². The number of ether oxygens (including phenoxy) is 1. The van der Waals surface area contributed by atoms with Crippen molar-refractivity contribution in [2.24, 2.45) is 5.92 Å². The summed E-state index contributed by atoms with van der Waals surface area (Å²) in [5.74, 6) is 1.21. The monoisotopic (exact) mass is 448 g/mol. The van der Waals surface area contributed by atoms with Crippen LogP contribution in [0.5, 0.6) is 5.88 Å². The van der Waals surface area contributed by atoms with Crippen molar-refractivity contribution in [2.75, 3.05) is 0 Å². The van der Waals surface area contributed by atoms with E-state index in [0.29, 0.717) is 21.8 Å². The number of hydrogen-bond donors (Lipinski definition) is 0. The van der Waals surface area contributed by atoms with E-state index in [4.69, 9.17) is 27.9 Å². The summed E-state index contributed by atoms with van der Waals surface area (Å²) in [4.78, 5) is 11.3. The molecular formula is C23H26Cl2N2OS. The normalized spacial score (nSPS) is 20.2. The summed E-state index contributed by atoms with van der Waals surface area (Å²) >= 11 is 14.3. The van der Waals surface area contributed by atoms with Crippen molar-refractivity contribution in [1.82, 2.24) is 9.97 Å². The molecule has 1 aliphatic rings. The number of fused-ring (bicyclic) bond motifs is 1. The first-order valence-electron chi connectivity index (χ1n) is 10.2. The molecule has 6 heteroatoms. The molecule has 0 N–H and O–H groups in total. The number of thiophene rings is 1. The van der Waals surface area contributed by atoms with E-state index >= 15 is 0 Å². The van der Waals surface area contributed by atoms with E-state index in [1.165, 1.54) is 24.1 Å². The Kier molecular flexibility index (Phi) is 5.80. The zero-order valence-corrected chi connectivity index (χ0v) is 19.6. The Balaban J connectivity index is 1.92. The molecular weight excluding hydrogens is 423 g/mol. The Bertz CT molecular complexity index is 1040. The first-order chi connectivity index (χ1) is 13.8. The maximum Gasteiger partial charge on any atom is 0.226 e. The van der Waals surface area contributed by atoms with Gasteiger partial charge in [0.1, 0.15) is 17.3 Å². The summed E-state index contributed by atoms with van der Waals surface area (Å²) < 4.78 is 6.52. The van der Waals surface area contributed by atoms with Crippen LogP contribution in [0.2, 0.25) is 10.0 Å². The zero-order valence-electron chi connectivity index (χ0n) is 17.3. The molecule has 2 unspecified atom stereocenters. The average molecular weight is 449 g/mol. The van der Waals surface area contributed by atoms with Crippen molar-refractivity contribution in [3.63, 3.8) is 0 Å². The Morgan fingerprint density at radius 1 is 1.07 bits per heavy atom. The Hall–Kier alpha value is -1.36. The quantitative estimate of drug-likeness (QED) is 0.407. The highest BCUT2D eigenvalue weighted by molar-refractivity contribution is 7.19. The molecule has 1 aliphatic carbocycles. The van der Waals surface area contributed by atoms with Crippen molar-refractivity contribution in [2.45, 2.75) is 64.9 Å². The third-order valence-electron chi connectivity index (χ3n) is 5.64. The fourth-order valence-electron chi connectivity index (χ4n) is 4.05. The molecule has 154 valence electrons. The molecule has 3 aromatic rings. The van der Waals surface area contributed by atoms with Crippen LogP contribution in [-0.2, 0) is 5.41 Å². The molecule has 0 amide bonds. The summed E-state index contributed by atoms with van der Waals surface area (Å²) in [5.41, 5.74) is 2.07. The van der Waals surface area contributed by atoms with Crippen molar-refractivity contribution in [3.05, 3.63) is 39.4 Å². The van der Waals surface area contributed by atoms with Crippen LogP contribution in [0.4, 0.5) is 0 Å². The fraction of sp³-hybridized carbons (Fsp3) is 0.478. The van der Waals surface area contributed by atoms with E-state index in [-0.39, 0.29) is 11.5 Å². The maximum atomic E-state index is 6.52. The highest BCUT2D eigenvalue weighted by Crippen LogP contribution is 2.47. The van der Waals surface area contributed by atoms with Crippen LogP contribution in [0, 0.1) is 5.92 Å². The number of aromatic nitrogens is 2. The van der Waals surface area contributed by atoms with Gasteiger partial charge in [0.25, 0.3) is 0 Å². The van der Waals surface area contributed by atoms with Crippen LogP contribution in [0.3, 0.4) is 0 Å². The van der Waals surface area contributed by atoms with Crippen molar-refractivity contribution in [3.8, 4) is 17.0 Å². The SMILES string of the molecule is CC1CCCCC1Oc1ncnc2sc(C(C)(C)C)c(-c3ccc(Cl)c(Cl)c3)c12. The van der Waals surface area contributed by atoms with Gasteiger partial charge < -0.3 is 4.74 Å². The van der Waals surface area contributed by atoms with E-state index in [9.17, 15) is 0 Å². The molecule has 3 nitrogen and oxygen atoms in total. The lowest BCUT2D eigenvalue weighted by atomic mass is 9.87. The summed E-state index contributed by atoms with van der Waals surface area (Å²) in [6.07, 6.45) is 6.58. The van der Waals surface area contributed by atoms with Crippen molar-refractivity contribution in [1.29, 1.82) is 0 Å². The summed E-state index contributed by atoms with van der Waals surface area (Å²) in [7, 11) is 0. The van der Waals surface area contributed by atoms with Crippen molar-refractivity contribution < 1.29 is 4.74 Å². The molecule has 0 radical (unpaired) electrons. The molecule has 2 aromatic heterocycles. The zero-order chi connectivity index (χ0) is 20.8. The lowest BCUT2D eigenvalue weighted by Crippen LogP contribution is -2.28. The molecule has 29 heavy (non-hydrogen) atoms. The number of rotatable bonds is 3. The standard InChI is InChI=1S/C23H26Cl2N2OS/c1-13-7-5-6-8-17(13)28-21-19-18(14-9-10-15(24)16(25)11-14)20(23(2,3)4)29-22(19)27-12-26-21/h9-13,17H,5-8H2,1-4H3. The molecule has 0 spiro atoms. The first kappa shape index (κ1) is 20.9. The second kappa shape index (κ2) is 8.05. The minimum absolute atomic E-state index is 0.0534. The largest absolute Gasteiger partial charge is 0.474 e. The van der Waals surface area contributed by atoms with Crippen molar-refractivity contribution >= 4 is 44.8 Å². The summed E-state index contributed by atoms with van der Waals surface area (Å²) in [6, 6.07) is 5.80. The molecule has 2 atom stereocenters. The number of nitrogens with zero attached hydrogens (tertiary/aromatic N) is 2. The second-order valence-electron chi connectivity index (χ2n) is 8.96. The van der Waals surface area contributed by atoms with Crippen LogP contribution < -0.4 is 4.74 Å². The van der Waals surface area contributed by atoms with E-state index in [1.807, 2.05) is 18.2 Å². The van der Waals surface area contributed by atoms with Gasteiger partial charge in [-0.25, -0.2) is 9.97 Å². The second-order valence-corrected chi connectivity index (χ2v) is 10.8. The highest BCUT2D eigenvalue weighted by Gasteiger charge is 2.29. The van der Waals surface area contributed by atoms with Crippen LogP contribution in [0.25, 0.3) is 21.3 Å². The third-order valence-corrected chi connectivity index (χ3v) is 7.90. The predicted octanol–water partition coefficient (Wildman–Crippen LogP) is 7.92. The Morgan fingerprint density at radius 3 is 2.52 bits per heavy atom. The van der Waals surface area contributed by atoms with Gasteiger partial charge in [0, 0.05) is 10.4 Å². The maximum absolute atomic E-state index is 6.52. The summed E-state index contributed by atoms with van der Waals surface area (Å²) in [6.45, 7) is 8.93. The molecule has 0 saturated heterocycles. The third kappa shape index (κ3) is 4.12. The molecule has 1 aromatic carbocycles. The number of halogens is 2. The van der Waals surface area contributed by atoms with Crippen LogP contribution in [-0.4, -0.2) is 16.1 Å². The predicted molar refractivity (Wildman–Crippen MR) is 124 cm³/mol. The van der Waals surface area contributed by atoms with E-state index in [2.05, 4.69) is 37.7 Å². The smallest absolute Gasteiger partial charge is 0.226 e. The first-order valence-corrected chi connectivity index (χ1v) is 11.7. The fourth-order valence-corrected chi connectivity index (χ4v) is 5.56. The van der Waals surface area contributed by atoms with E-state index in [1.54, 1.807) is 17.7 Å². The average Bonchev–Trinajstić information content (AvgIpc) is 3.07. The lowest BCUT2D eigenvalue weighted by Gasteiger charge is -2.29. The van der Waals surface area contributed by atoms with Gasteiger partial charge in [-0.2, -0.15) is 0 Å². The Labute approximate surface area is 186 Å². The highest BCUT2D eigenvalue weighted by atomic mass is 35.5. The lowest BCUT2D eigenvalue weighted by molar-refractivity contribution is 0.0993. The van der Waals surface area contributed by atoms with Gasteiger partial charge in [-0.05, 0) is 48.3 Å². The van der Waals surface area contributed by atoms with Gasteiger partial charge >= 0.3 is 0 Å². The van der Waals surface area contributed by atoms with Gasteiger partial charge in [-0.1, -0.05) is 63.4 Å². The molecule has 0 aliphatic heterocycles. The van der Waals surface area contributed by atoms with Gasteiger partial charge in [0.05, 0.1) is 15.4 Å².